The Morgan fingerprint density at radius 2 is 1.95 bits per heavy atom. The Labute approximate surface area is 235 Å². The third kappa shape index (κ3) is 5.43. The van der Waals surface area contributed by atoms with E-state index in [1.807, 2.05) is 6.07 Å². The van der Waals surface area contributed by atoms with Crippen molar-refractivity contribution in [2.75, 3.05) is 30.3 Å². The van der Waals surface area contributed by atoms with Crippen molar-refractivity contribution in [3.8, 4) is 5.75 Å². The van der Waals surface area contributed by atoms with Gasteiger partial charge in [-0.25, -0.2) is 13.1 Å². The van der Waals surface area contributed by atoms with Crippen LogP contribution in [0.2, 0.25) is 5.02 Å². The molecule has 0 unspecified atom stereocenters. The summed E-state index contributed by atoms with van der Waals surface area (Å²) in [5, 5.41) is 11.4. The lowest BCUT2D eigenvalue weighted by atomic mass is 9.68. The van der Waals surface area contributed by atoms with Crippen molar-refractivity contribution in [2.45, 2.75) is 56.5 Å². The Hall–Kier alpha value is -2.55. The number of aliphatic hydroxyl groups excluding tert-OH is 1. The Bertz CT molecular complexity index is 1410. The molecule has 7 nitrogen and oxygen atoms in total. The van der Waals surface area contributed by atoms with Crippen LogP contribution in [-0.2, 0) is 21.9 Å². The Kier molecular flexibility index (Phi) is 7.14. The molecule has 0 saturated heterocycles. The lowest BCUT2D eigenvalue weighted by Gasteiger charge is -2.45. The fourth-order valence-corrected chi connectivity index (χ4v) is 7.93. The molecule has 4 aliphatic rings. The van der Waals surface area contributed by atoms with Gasteiger partial charge in [0.15, 0.2) is 0 Å². The van der Waals surface area contributed by atoms with E-state index >= 15 is 0 Å². The van der Waals surface area contributed by atoms with Crippen LogP contribution in [0.25, 0.3) is 0 Å². The van der Waals surface area contributed by atoms with Crippen LogP contribution in [0.4, 0.5) is 5.69 Å². The van der Waals surface area contributed by atoms with Crippen molar-refractivity contribution < 1.29 is 23.1 Å². The highest BCUT2D eigenvalue weighted by Crippen LogP contribution is 2.46. The SMILES string of the molecule is O=C1NS(=O)(=O)C/C=C\C[C@H](O)C[C@@H]2CC[C@H]2CN2C[C@@]3(CCCc4cc(Cl)ccc43)COc3ccc1cc32. The monoisotopic (exact) mass is 570 g/mol. The van der Waals surface area contributed by atoms with Crippen LogP contribution in [0.3, 0.4) is 0 Å². The van der Waals surface area contributed by atoms with Crippen LogP contribution in [0.1, 0.15) is 60.0 Å². The van der Waals surface area contributed by atoms with E-state index < -0.39 is 22.0 Å². The number of nitrogens with zero attached hydrogens (tertiary/aromatic N) is 1. The zero-order valence-electron chi connectivity index (χ0n) is 21.9. The number of anilines is 1. The number of aliphatic hydroxyl groups is 1. The quantitative estimate of drug-likeness (QED) is 0.449. The van der Waals surface area contributed by atoms with E-state index in [-0.39, 0.29) is 16.7 Å². The fraction of sp³-hybridized carbons (Fsp3) is 0.500. The Morgan fingerprint density at radius 1 is 1.10 bits per heavy atom. The highest BCUT2D eigenvalue weighted by atomic mass is 35.5. The molecule has 2 aliphatic carbocycles. The smallest absolute Gasteiger partial charge is 0.264 e. The van der Waals surface area contributed by atoms with E-state index in [4.69, 9.17) is 16.3 Å². The molecule has 4 atom stereocenters. The first-order valence-electron chi connectivity index (χ1n) is 13.9. The topological polar surface area (TPSA) is 95.9 Å². The first kappa shape index (κ1) is 26.7. The van der Waals surface area contributed by atoms with Gasteiger partial charge >= 0.3 is 0 Å². The van der Waals surface area contributed by atoms with Crippen molar-refractivity contribution in [1.82, 2.24) is 4.72 Å². The first-order valence-corrected chi connectivity index (χ1v) is 15.9. The van der Waals surface area contributed by atoms with Gasteiger partial charge in [0.25, 0.3) is 5.91 Å². The number of ether oxygens (including phenoxy) is 1. The van der Waals surface area contributed by atoms with Gasteiger partial charge in [0, 0.05) is 29.1 Å². The van der Waals surface area contributed by atoms with Gasteiger partial charge in [-0.3, -0.25) is 4.79 Å². The molecule has 1 fully saturated rings. The summed E-state index contributed by atoms with van der Waals surface area (Å²) in [7, 11) is -3.86. The van der Waals surface area contributed by atoms with Crippen LogP contribution in [0.15, 0.2) is 48.6 Å². The van der Waals surface area contributed by atoms with Crippen LogP contribution in [0, 0.1) is 11.8 Å². The van der Waals surface area contributed by atoms with Gasteiger partial charge < -0.3 is 14.7 Å². The van der Waals surface area contributed by atoms with Gasteiger partial charge in [0.2, 0.25) is 10.0 Å². The van der Waals surface area contributed by atoms with Crippen molar-refractivity contribution in [2.24, 2.45) is 11.8 Å². The summed E-state index contributed by atoms with van der Waals surface area (Å²) >= 11 is 6.36. The standard InChI is InChI=1S/C30H35ClN2O5S/c31-24-9-10-26-21(14-24)4-3-12-30(26)18-33-17-23-7-6-20(23)15-25(34)5-1-2-13-39(36,37)32-29(35)22-8-11-28(38-19-30)27(33)16-22/h1-2,8-11,14,16,20,23,25,34H,3-7,12-13,15,17-19H2,(H,32,35)/b2-1-/t20-,23-,25-,30-/m0/s1. The first-order chi connectivity index (χ1) is 18.7. The zero-order chi connectivity index (χ0) is 27.2. The molecule has 2 aromatic rings. The number of amides is 1. The predicted molar refractivity (Wildman–Crippen MR) is 152 cm³/mol. The van der Waals surface area contributed by atoms with Gasteiger partial charge in [-0.2, -0.15) is 0 Å². The molecular formula is C30H35ClN2O5S. The lowest BCUT2D eigenvalue weighted by Crippen LogP contribution is -2.48. The third-order valence-electron chi connectivity index (χ3n) is 9.04. The number of nitrogens with one attached hydrogen (secondary N) is 1. The summed E-state index contributed by atoms with van der Waals surface area (Å²) in [6.07, 6.45) is 8.96. The van der Waals surface area contributed by atoms with Crippen molar-refractivity contribution >= 4 is 33.2 Å². The van der Waals surface area contributed by atoms with Gasteiger partial charge in [-0.1, -0.05) is 29.8 Å². The largest absolute Gasteiger partial charge is 0.490 e. The van der Waals surface area contributed by atoms with E-state index in [1.54, 1.807) is 24.3 Å². The number of hydrogen-bond donors (Lipinski definition) is 2. The summed E-state index contributed by atoms with van der Waals surface area (Å²) in [5.74, 6) is 0.552. The van der Waals surface area contributed by atoms with E-state index in [2.05, 4.69) is 21.8 Å². The molecule has 1 spiro atoms. The minimum atomic E-state index is -3.86. The molecular weight excluding hydrogens is 536 g/mol. The molecule has 2 aliphatic heterocycles. The maximum Gasteiger partial charge on any atom is 0.264 e. The van der Waals surface area contributed by atoms with Gasteiger partial charge in [-0.05, 0) is 98.2 Å². The predicted octanol–water partition coefficient (Wildman–Crippen LogP) is 4.61. The molecule has 9 heteroatoms. The number of carbonyl (C=O) groups is 1. The van der Waals surface area contributed by atoms with E-state index in [9.17, 15) is 18.3 Å². The summed E-state index contributed by atoms with van der Waals surface area (Å²) in [5.41, 5.74) is 3.41. The number of carbonyl (C=O) groups excluding carboxylic acids is 1. The number of aryl methyl sites for hydroxylation is 1. The minimum Gasteiger partial charge on any atom is -0.490 e. The van der Waals surface area contributed by atoms with Crippen molar-refractivity contribution in [1.29, 1.82) is 0 Å². The molecule has 0 aromatic heterocycles. The van der Waals surface area contributed by atoms with Gasteiger partial charge in [0.1, 0.15) is 5.75 Å². The number of hydrogen-bond acceptors (Lipinski definition) is 6. The molecule has 1 amide bonds. The van der Waals surface area contributed by atoms with Gasteiger partial charge in [0.05, 0.1) is 24.2 Å². The van der Waals surface area contributed by atoms with Crippen LogP contribution in [-0.4, -0.2) is 51.0 Å². The Balaban J connectivity index is 1.41. The summed E-state index contributed by atoms with van der Waals surface area (Å²) in [6, 6.07) is 11.4. The second kappa shape index (κ2) is 10.5. The number of benzene rings is 2. The molecule has 2 N–H and O–H groups in total. The van der Waals surface area contributed by atoms with Gasteiger partial charge in [-0.15, -0.1) is 0 Å². The molecule has 39 heavy (non-hydrogen) atoms. The zero-order valence-corrected chi connectivity index (χ0v) is 23.5. The second-order valence-electron chi connectivity index (χ2n) is 11.7. The highest BCUT2D eigenvalue weighted by molar-refractivity contribution is 7.90. The molecule has 1 saturated carbocycles. The fourth-order valence-electron chi connectivity index (χ4n) is 6.86. The van der Waals surface area contributed by atoms with Crippen LogP contribution in [0.5, 0.6) is 5.75 Å². The molecule has 2 bridgehead atoms. The second-order valence-corrected chi connectivity index (χ2v) is 13.9. The average molecular weight is 571 g/mol. The van der Waals surface area contributed by atoms with Crippen LogP contribution < -0.4 is 14.4 Å². The number of fused-ring (bicyclic) bond motifs is 4. The number of rotatable bonds is 0. The average Bonchev–Trinajstić information content (AvgIpc) is 3.04. The third-order valence-corrected chi connectivity index (χ3v) is 10.4. The number of sulfonamides is 1. The highest BCUT2D eigenvalue weighted by Gasteiger charge is 2.43. The minimum absolute atomic E-state index is 0.229. The number of halogens is 1. The molecule has 2 heterocycles. The lowest BCUT2D eigenvalue weighted by molar-refractivity contribution is 0.0800. The molecule has 6 rings (SSSR count). The van der Waals surface area contributed by atoms with E-state index in [0.717, 1.165) is 55.9 Å². The van der Waals surface area contributed by atoms with E-state index in [1.165, 1.54) is 17.2 Å². The van der Waals surface area contributed by atoms with Crippen LogP contribution >= 0.6 is 11.6 Å². The molecule has 208 valence electrons. The van der Waals surface area contributed by atoms with Crippen molar-refractivity contribution in [3.05, 3.63) is 70.3 Å². The molecule has 0 radical (unpaired) electrons. The normalized spacial score (nSPS) is 31.1. The summed E-state index contributed by atoms with van der Waals surface area (Å²) in [4.78, 5) is 15.4. The van der Waals surface area contributed by atoms with Crippen molar-refractivity contribution in [3.63, 3.8) is 0 Å². The summed E-state index contributed by atoms with van der Waals surface area (Å²) < 4.78 is 33.8. The maximum absolute atomic E-state index is 13.0. The Morgan fingerprint density at radius 3 is 2.77 bits per heavy atom. The maximum atomic E-state index is 13.0. The summed E-state index contributed by atoms with van der Waals surface area (Å²) in [6.45, 7) is 2.04. The van der Waals surface area contributed by atoms with E-state index in [0.29, 0.717) is 37.0 Å². The molecule has 2 aromatic carbocycles.